The first-order valence-electron chi connectivity index (χ1n) is 12.6. The number of hydrogen-bond acceptors (Lipinski definition) is 1. The molecule has 2 heteroatoms. The first-order chi connectivity index (χ1) is 17.6. The zero-order valence-corrected chi connectivity index (χ0v) is 20.3. The van der Waals surface area contributed by atoms with Crippen LogP contribution in [-0.4, -0.2) is 9.55 Å². The molecule has 36 heavy (non-hydrogen) atoms. The Balaban J connectivity index is 1.61. The Morgan fingerprint density at radius 3 is 2.36 bits per heavy atom. The number of nitrogens with zero attached hydrogens (tertiary/aromatic N) is 2. The lowest BCUT2D eigenvalue weighted by Gasteiger charge is -2.35. The lowest BCUT2D eigenvalue weighted by atomic mass is 9.69. The van der Waals surface area contributed by atoms with E-state index >= 15 is 0 Å². The average Bonchev–Trinajstić information content (AvgIpc) is 3.26. The second-order valence-electron chi connectivity index (χ2n) is 10.5. The van der Waals surface area contributed by atoms with Gasteiger partial charge in [0.15, 0.2) is 0 Å². The Bertz CT molecular complexity index is 2020. The van der Waals surface area contributed by atoms with Gasteiger partial charge in [0.25, 0.3) is 0 Å². The summed E-state index contributed by atoms with van der Waals surface area (Å²) in [7, 11) is 0. The summed E-state index contributed by atoms with van der Waals surface area (Å²) in [6.07, 6.45) is 3.98. The quantitative estimate of drug-likeness (QED) is 0.239. The number of rotatable bonds is 1. The summed E-state index contributed by atoms with van der Waals surface area (Å²) >= 11 is 0. The third kappa shape index (κ3) is 2.43. The maximum absolute atomic E-state index is 4.54. The molecule has 0 amide bonds. The fourth-order valence-corrected chi connectivity index (χ4v) is 6.55. The van der Waals surface area contributed by atoms with Gasteiger partial charge in [-0.1, -0.05) is 80.6 Å². The maximum Gasteiger partial charge on any atom is 0.0620 e. The second kappa shape index (κ2) is 6.83. The van der Waals surface area contributed by atoms with E-state index in [4.69, 9.17) is 0 Å². The SMILES string of the molecule is CC1(C)c2ccncc2-c2cc3c4ccccc4n(-c4ccc5ccccc5c4)c3c3cccc1c23. The molecule has 1 aliphatic carbocycles. The molecule has 0 aliphatic heterocycles. The highest BCUT2D eigenvalue weighted by atomic mass is 15.0. The van der Waals surface area contributed by atoms with E-state index in [0.717, 1.165) is 0 Å². The Labute approximate surface area is 209 Å². The van der Waals surface area contributed by atoms with Crippen LogP contribution < -0.4 is 0 Å². The zero-order chi connectivity index (χ0) is 24.0. The molecule has 0 saturated carbocycles. The molecule has 0 spiro atoms. The third-order valence-electron chi connectivity index (χ3n) is 8.24. The van der Waals surface area contributed by atoms with Gasteiger partial charge in [-0.25, -0.2) is 0 Å². The van der Waals surface area contributed by atoms with E-state index in [1.165, 1.54) is 71.3 Å². The summed E-state index contributed by atoms with van der Waals surface area (Å²) < 4.78 is 2.46. The highest BCUT2D eigenvalue weighted by Crippen LogP contribution is 2.51. The predicted octanol–water partition coefficient (Wildman–Crippen LogP) is 8.79. The van der Waals surface area contributed by atoms with Crippen molar-refractivity contribution in [3.63, 3.8) is 0 Å². The van der Waals surface area contributed by atoms with Gasteiger partial charge < -0.3 is 4.57 Å². The van der Waals surface area contributed by atoms with Crippen molar-refractivity contribution < 1.29 is 0 Å². The van der Waals surface area contributed by atoms with E-state index in [-0.39, 0.29) is 5.41 Å². The molecular formula is C34H24N2. The molecule has 1 aliphatic rings. The highest BCUT2D eigenvalue weighted by Gasteiger charge is 2.34. The smallest absolute Gasteiger partial charge is 0.0620 e. The summed E-state index contributed by atoms with van der Waals surface area (Å²) in [6, 6.07) is 35.7. The molecular weight excluding hydrogens is 436 g/mol. The van der Waals surface area contributed by atoms with Crippen molar-refractivity contribution >= 4 is 43.4 Å². The molecule has 0 bridgehead atoms. The third-order valence-corrected chi connectivity index (χ3v) is 8.24. The standard InChI is InChI=1S/C34H24N2/c1-34(2)29-16-17-35-20-28(29)26-19-27-24-10-5-6-13-31(24)36(33(27)25-11-7-12-30(34)32(25)26)23-15-14-21-8-3-4-9-22(21)18-23/h3-20H,1-2H3. The van der Waals surface area contributed by atoms with Crippen LogP contribution in [0.2, 0.25) is 0 Å². The van der Waals surface area contributed by atoms with Crippen LogP contribution in [0.1, 0.15) is 25.0 Å². The molecule has 0 unspecified atom stereocenters. The molecule has 0 atom stereocenters. The van der Waals surface area contributed by atoms with Crippen molar-refractivity contribution in [3.05, 3.63) is 121 Å². The summed E-state index contributed by atoms with van der Waals surface area (Å²) in [5.74, 6) is 0. The lowest BCUT2D eigenvalue weighted by molar-refractivity contribution is 0.644. The Morgan fingerprint density at radius 1 is 0.639 bits per heavy atom. The zero-order valence-electron chi connectivity index (χ0n) is 20.3. The van der Waals surface area contributed by atoms with Crippen molar-refractivity contribution in [1.29, 1.82) is 0 Å². The first kappa shape index (κ1) is 19.8. The molecule has 0 saturated heterocycles. The molecule has 0 fully saturated rings. The Hall–Kier alpha value is -4.43. The number of benzene rings is 5. The van der Waals surface area contributed by atoms with Crippen molar-refractivity contribution in [2.45, 2.75) is 19.3 Å². The lowest BCUT2D eigenvalue weighted by Crippen LogP contribution is -2.23. The minimum atomic E-state index is -0.0990. The Morgan fingerprint density at radius 2 is 1.44 bits per heavy atom. The van der Waals surface area contributed by atoms with Gasteiger partial charge in [0.2, 0.25) is 0 Å². The molecule has 5 aromatic carbocycles. The maximum atomic E-state index is 4.54. The highest BCUT2D eigenvalue weighted by molar-refractivity contribution is 6.23. The van der Waals surface area contributed by atoms with Gasteiger partial charge in [0.05, 0.1) is 11.0 Å². The number of hydrogen-bond donors (Lipinski definition) is 0. The van der Waals surface area contributed by atoms with E-state index in [1.807, 2.05) is 6.20 Å². The monoisotopic (exact) mass is 460 g/mol. The van der Waals surface area contributed by atoms with E-state index < -0.39 is 0 Å². The van der Waals surface area contributed by atoms with Gasteiger partial charge in [-0.15, -0.1) is 0 Å². The molecule has 7 aromatic rings. The second-order valence-corrected chi connectivity index (χ2v) is 10.5. The van der Waals surface area contributed by atoms with Gasteiger partial charge in [-0.2, -0.15) is 0 Å². The number of pyridine rings is 1. The van der Waals surface area contributed by atoms with Crippen LogP contribution in [-0.2, 0) is 5.41 Å². The molecule has 0 N–H and O–H groups in total. The van der Waals surface area contributed by atoms with Crippen LogP contribution in [0.4, 0.5) is 0 Å². The summed E-state index contributed by atoms with van der Waals surface area (Å²) in [6.45, 7) is 4.68. The number of fused-ring (bicyclic) bond motifs is 7. The predicted molar refractivity (Wildman–Crippen MR) is 151 cm³/mol. The summed E-state index contributed by atoms with van der Waals surface area (Å²) in [5.41, 5.74) is 8.86. The van der Waals surface area contributed by atoms with Gasteiger partial charge in [-0.3, -0.25) is 4.98 Å². The van der Waals surface area contributed by atoms with Crippen LogP contribution in [0.3, 0.4) is 0 Å². The minimum Gasteiger partial charge on any atom is -0.309 e. The molecule has 170 valence electrons. The van der Waals surface area contributed by atoms with Crippen LogP contribution >= 0.6 is 0 Å². The average molecular weight is 461 g/mol. The van der Waals surface area contributed by atoms with Crippen LogP contribution in [0, 0.1) is 0 Å². The van der Waals surface area contributed by atoms with Crippen LogP contribution in [0.25, 0.3) is 60.2 Å². The molecule has 2 nitrogen and oxygen atoms in total. The summed E-state index contributed by atoms with van der Waals surface area (Å²) in [5, 5.41) is 7.72. The van der Waals surface area contributed by atoms with Gasteiger partial charge in [0, 0.05) is 45.2 Å². The van der Waals surface area contributed by atoms with Crippen LogP contribution in [0.15, 0.2) is 109 Å². The Kier molecular flexibility index (Phi) is 3.76. The topological polar surface area (TPSA) is 17.8 Å². The minimum absolute atomic E-state index is 0.0990. The van der Waals surface area contributed by atoms with Gasteiger partial charge in [0.1, 0.15) is 0 Å². The molecule has 0 radical (unpaired) electrons. The van der Waals surface area contributed by atoms with Crippen LogP contribution in [0.5, 0.6) is 0 Å². The molecule has 8 rings (SSSR count). The fourth-order valence-electron chi connectivity index (χ4n) is 6.55. The normalized spacial score (nSPS) is 14.1. The molecule has 2 aromatic heterocycles. The van der Waals surface area contributed by atoms with E-state index in [0.29, 0.717) is 0 Å². The van der Waals surface area contributed by atoms with Crippen molar-refractivity contribution in [2.75, 3.05) is 0 Å². The van der Waals surface area contributed by atoms with Gasteiger partial charge in [-0.05, 0) is 63.2 Å². The number of para-hydroxylation sites is 1. The van der Waals surface area contributed by atoms with Crippen molar-refractivity contribution in [1.82, 2.24) is 9.55 Å². The van der Waals surface area contributed by atoms with E-state index in [1.54, 1.807) is 0 Å². The van der Waals surface area contributed by atoms with E-state index in [9.17, 15) is 0 Å². The first-order valence-corrected chi connectivity index (χ1v) is 12.6. The number of aromatic nitrogens is 2. The largest absolute Gasteiger partial charge is 0.309 e. The summed E-state index contributed by atoms with van der Waals surface area (Å²) in [4.78, 5) is 4.54. The van der Waals surface area contributed by atoms with E-state index in [2.05, 4.69) is 127 Å². The van der Waals surface area contributed by atoms with Crippen molar-refractivity contribution in [2.24, 2.45) is 0 Å². The fraction of sp³-hybridized carbons (Fsp3) is 0.0882. The van der Waals surface area contributed by atoms with Gasteiger partial charge >= 0.3 is 0 Å². The molecule has 2 heterocycles. The van der Waals surface area contributed by atoms with Crippen molar-refractivity contribution in [3.8, 4) is 16.8 Å².